The maximum Gasteiger partial charge on any atom is 0.0465 e. The lowest BCUT2D eigenvalue weighted by atomic mass is 9.97. The first-order valence-corrected chi connectivity index (χ1v) is 6.79. The molecule has 0 aliphatic rings. The molecule has 1 aromatic rings. The number of methoxy groups -OCH3 is 1. The van der Waals surface area contributed by atoms with Crippen LogP contribution in [0.1, 0.15) is 36.1 Å². The van der Waals surface area contributed by atoms with Crippen molar-refractivity contribution in [3.05, 3.63) is 21.9 Å². The fraction of sp³-hybridized carbons (Fsp3) is 0.692. The van der Waals surface area contributed by atoms with Gasteiger partial charge in [0.15, 0.2) is 0 Å². The molecule has 0 saturated heterocycles. The van der Waals surface area contributed by atoms with Crippen LogP contribution >= 0.6 is 11.3 Å². The summed E-state index contributed by atoms with van der Waals surface area (Å²) >= 11 is 1.92. The third kappa shape index (κ3) is 3.58. The molecule has 0 bridgehead atoms. The van der Waals surface area contributed by atoms with E-state index in [2.05, 4.69) is 31.3 Å². The summed E-state index contributed by atoms with van der Waals surface area (Å²) in [4.78, 5) is 2.91. The molecule has 16 heavy (non-hydrogen) atoms. The summed E-state index contributed by atoms with van der Waals surface area (Å²) in [5, 5.41) is 3.42. The first-order chi connectivity index (χ1) is 7.72. The fourth-order valence-corrected chi connectivity index (χ4v) is 3.13. The van der Waals surface area contributed by atoms with Crippen molar-refractivity contribution >= 4 is 11.3 Å². The van der Waals surface area contributed by atoms with Crippen LogP contribution in [0.25, 0.3) is 0 Å². The van der Waals surface area contributed by atoms with E-state index >= 15 is 0 Å². The Morgan fingerprint density at radius 2 is 2.19 bits per heavy atom. The molecular formula is C13H23NOS. The minimum absolute atomic E-state index is 0.459. The average molecular weight is 241 g/mol. The molecule has 2 unspecified atom stereocenters. The number of aryl methyl sites for hydroxylation is 1. The van der Waals surface area contributed by atoms with Crippen molar-refractivity contribution in [2.45, 2.75) is 32.7 Å². The van der Waals surface area contributed by atoms with Crippen molar-refractivity contribution in [1.82, 2.24) is 5.32 Å². The van der Waals surface area contributed by atoms with Crippen LogP contribution in [0, 0.1) is 5.92 Å². The summed E-state index contributed by atoms with van der Waals surface area (Å²) in [6.45, 7) is 5.33. The fourth-order valence-electron chi connectivity index (χ4n) is 1.93. The van der Waals surface area contributed by atoms with Gasteiger partial charge in [-0.25, -0.2) is 0 Å². The lowest BCUT2D eigenvalue weighted by Gasteiger charge is -2.22. The molecular weight excluding hydrogens is 218 g/mol. The van der Waals surface area contributed by atoms with Crippen molar-refractivity contribution in [2.75, 3.05) is 20.8 Å². The monoisotopic (exact) mass is 241 g/mol. The van der Waals surface area contributed by atoms with Gasteiger partial charge in [-0.2, -0.15) is 0 Å². The highest BCUT2D eigenvalue weighted by atomic mass is 32.1. The van der Waals surface area contributed by atoms with E-state index in [1.165, 1.54) is 9.75 Å². The second-order valence-corrected chi connectivity index (χ2v) is 5.38. The summed E-state index contributed by atoms with van der Waals surface area (Å²) in [6, 6.07) is 4.96. The van der Waals surface area contributed by atoms with Crippen molar-refractivity contribution in [3.8, 4) is 0 Å². The Hall–Kier alpha value is -0.380. The predicted octanol–water partition coefficient (Wildman–Crippen LogP) is 3.24. The molecule has 0 aliphatic heterocycles. The maximum atomic E-state index is 5.15. The van der Waals surface area contributed by atoms with E-state index in [0.29, 0.717) is 12.0 Å². The van der Waals surface area contributed by atoms with Gasteiger partial charge in [0.05, 0.1) is 0 Å². The molecule has 0 spiro atoms. The Morgan fingerprint density at radius 3 is 2.69 bits per heavy atom. The molecule has 1 aromatic heterocycles. The normalized spacial score (nSPS) is 15.0. The van der Waals surface area contributed by atoms with Gasteiger partial charge in [0.25, 0.3) is 0 Å². The van der Waals surface area contributed by atoms with Crippen LogP contribution in [-0.2, 0) is 11.2 Å². The van der Waals surface area contributed by atoms with Crippen LogP contribution in [0.3, 0.4) is 0 Å². The zero-order valence-electron chi connectivity index (χ0n) is 10.7. The zero-order valence-corrected chi connectivity index (χ0v) is 11.6. The van der Waals surface area contributed by atoms with E-state index in [1.54, 1.807) is 7.11 Å². The standard InChI is InChI=1S/C13H23NOS/c1-5-11-6-7-12(16-11)13(14-3)10(2)8-9-15-4/h6-7,10,13-14H,5,8-9H2,1-4H3. The molecule has 1 rings (SSSR count). The highest BCUT2D eigenvalue weighted by molar-refractivity contribution is 7.12. The molecule has 1 N–H and O–H groups in total. The molecule has 1 heterocycles. The minimum Gasteiger partial charge on any atom is -0.385 e. The van der Waals surface area contributed by atoms with Crippen molar-refractivity contribution in [1.29, 1.82) is 0 Å². The first kappa shape index (κ1) is 13.7. The number of thiophene rings is 1. The van der Waals surface area contributed by atoms with Crippen LogP contribution in [0.15, 0.2) is 12.1 Å². The lowest BCUT2D eigenvalue weighted by Crippen LogP contribution is -2.23. The number of rotatable bonds is 7. The quantitative estimate of drug-likeness (QED) is 0.791. The molecule has 0 amide bonds. The Morgan fingerprint density at radius 1 is 1.44 bits per heavy atom. The minimum atomic E-state index is 0.459. The van der Waals surface area contributed by atoms with Crippen molar-refractivity contribution < 1.29 is 4.74 Å². The van der Waals surface area contributed by atoms with E-state index < -0.39 is 0 Å². The predicted molar refractivity (Wildman–Crippen MR) is 71.2 cm³/mol. The molecule has 92 valence electrons. The highest BCUT2D eigenvalue weighted by Gasteiger charge is 2.18. The maximum absolute atomic E-state index is 5.15. The molecule has 0 aromatic carbocycles. The second kappa shape index (κ2) is 7.05. The third-order valence-electron chi connectivity index (χ3n) is 2.99. The summed E-state index contributed by atoms with van der Waals surface area (Å²) in [5.74, 6) is 0.605. The summed E-state index contributed by atoms with van der Waals surface area (Å²) in [5.41, 5.74) is 0. The molecule has 2 atom stereocenters. The van der Waals surface area contributed by atoms with Gasteiger partial charge >= 0.3 is 0 Å². The van der Waals surface area contributed by atoms with Gasteiger partial charge < -0.3 is 10.1 Å². The first-order valence-electron chi connectivity index (χ1n) is 5.97. The van der Waals surface area contributed by atoms with Gasteiger partial charge in [-0.3, -0.25) is 0 Å². The topological polar surface area (TPSA) is 21.3 Å². The molecule has 3 heteroatoms. The summed E-state index contributed by atoms with van der Waals surface area (Å²) < 4.78 is 5.15. The highest BCUT2D eigenvalue weighted by Crippen LogP contribution is 2.30. The van der Waals surface area contributed by atoms with Gasteiger partial charge in [-0.15, -0.1) is 11.3 Å². The number of ether oxygens (including phenoxy) is 1. The lowest BCUT2D eigenvalue weighted by molar-refractivity contribution is 0.171. The summed E-state index contributed by atoms with van der Waals surface area (Å²) in [6.07, 6.45) is 2.23. The van der Waals surface area contributed by atoms with Crippen molar-refractivity contribution in [2.24, 2.45) is 5.92 Å². The van der Waals surface area contributed by atoms with Gasteiger partial charge in [-0.1, -0.05) is 13.8 Å². The van der Waals surface area contributed by atoms with Crippen molar-refractivity contribution in [3.63, 3.8) is 0 Å². The van der Waals surface area contributed by atoms with Crippen LogP contribution in [0.2, 0.25) is 0 Å². The molecule has 0 saturated carbocycles. The smallest absolute Gasteiger partial charge is 0.0465 e. The van der Waals surface area contributed by atoms with E-state index in [-0.39, 0.29) is 0 Å². The van der Waals surface area contributed by atoms with Gasteiger partial charge in [0.1, 0.15) is 0 Å². The Balaban J connectivity index is 2.65. The SMILES string of the molecule is CCc1ccc(C(NC)C(C)CCOC)s1. The molecule has 0 aliphatic carbocycles. The van der Waals surface area contributed by atoms with Crippen LogP contribution in [-0.4, -0.2) is 20.8 Å². The third-order valence-corrected chi connectivity index (χ3v) is 4.31. The van der Waals surface area contributed by atoms with E-state index in [1.807, 2.05) is 18.4 Å². The van der Waals surface area contributed by atoms with Crippen LogP contribution in [0.5, 0.6) is 0 Å². The van der Waals surface area contributed by atoms with E-state index in [0.717, 1.165) is 19.4 Å². The van der Waals surface area contributed by atoms with E-state index in [9.17, 15) is 0 Å². The van der Waals surface area contributed by atoms with Crippen LogP contribution < -0.4 is 5.32 Å². The second-order valence-electron chi connectivity index (χ2n) is 4.18. The van der Waals surface area contributed by atoms with E-state index in [4.69, 9.17) is 4.74 Å². The van der Waals surface area contributed by atoms with Gasteiger partial charge in [0, 0.05) is 29.5 Å². The average Bonchev–Trinajstić information content (AvgIpc) is 2.76. The number of hydrogen-bond donors (Lipinski definition) is 1. The molecule has 2 nitrogen and oxygen atoms in total. The van der Waals surface area contributed by atoms with Crippen LogP contribution in [0.4, 0.5) is 0 Å². The van der Waals surface area contributed by atoms with Gasteiger partial charge in [0.2, 0.25) is 0 Å². The van der Waals surface area contributed by atoms with Gasteiger partial charge in [-0.05, 0) is 37.9 Å². The largest absolute Gasteiger partial charge is 0.385 e. The molecule has 0 fully saturated rings. The zero-order chi connectivity index (χ0) is 12.0. The molecule has 0 radical (unpaired) electrons. The number of hydrogen-bond acceptors (Lipinski definition) is 3. The Kier molecular flexibility index (Phi) is 6.03. The number of nitrogens with one attached hydrogen (secondary N) is 1. The Labute approximate surface area is 103 Å². The Bertz CT molecular complexity index is 298. The summed E-state index contributed by atoms with van der Waals surface area (Å²) in [7, 11) is 3.81.